The molecule has 0 aliphatic rings. The van der Waals surface area contributed by atoms with E-state index in [1.54, 1.807) is 0 Å². The normalized spacial score (nSPS) is 14.7. The first-order chi connectivity index (χ1) is 11.4. The standard InChI is InChI=1S/C17H38NO5P/c1-2-3-4-5-6-7-8-9-10-11-12-13-14-17(19)16(18)15-23-24(20,21)22/h16-17,19H,2-15,18H2,1H3,(H2,20,21,22)/t16-,17?/m0/s1. The highest BCUT2D eigenvalue weighted by Gasteiger charge is 2.20. The second-order valence-corrected chi connectivity index (χ2v) is 7.93. The number of nitrogens with two attached hydrogens (primary N) is 1. The van der Waals surface area contributed by atoms with Crippen molar-refractivity contribution in [2.75, 3.05) is 6.61 Å². The zero-order valence-corrected chi connectivity index (χ0v) is 16.1. The van der Waals surface area contributed by atoms with Crippen LogP contribution in [0, 0.1) is 0 Å². The fraction of sp³-hybridized carbons (Fsp3) is 1.00. The van der Waals surface area contributed by atoms with E-state index in [1.807, 2.05) is 0 Å². The summed E-state index contributed by atoms with van der Waals surface area (Å²) in [5, 5.41) is 9.82. The van der Waals surface area contributed by atoms with Gasteiger partial charge >= 0.3 is 7.82 Å². The van der Waals surface area contributed by atoms with E-state index in [-0.39, 0.29) is 6.61 Å². The van der Waals surface area contributed by atoms with E-state index in [0.29, 0.717) is 6.42 Å². The minimum atomic E-state index is -4.51. The zero-order valence-electron chi connectivity index (χ0n) is 15.2. The molecule has 0 radical (unpaired) electrons. The van der Waals surface area contributed by atoms with Gasteiger partial charge in [0, 0.05) is 0 Å². The molecule has 0 heterocycles. The topological polar surface area (TPSA) is 113 Å². The summed E-state index contributed by atoms with van der Waals surface area (Å²) in [7, 11) is -4.51. The van der Waals surface area contributed by atoms with Crippen molar-refractivity contribution in [3.05, 3.63) is 0 Å². The van der Waals surface area contributed by atoms with E-state index >= 15 is 0 Å². The Labute approximate surface area is 147 Å². The fourth-order valence-corrected chi connectivity index (χ4v) is 3.07. The van der Waals surface area contributed by atoms with Crippen molar-refractivity contribution in [2.45, 2.75) is 103 Å². The molecule has 24 heavy (non-hydrogen) atoms. The van der Waals surface area contributed by atoms with Crippen LogP contribution in [0.15, 0.2) is 0 Å². The van der Waals surface area contributed by atoms with Gasteiger partial charge in [0.05, 0.1) is 18.8 Å². The third-order valence-electron chi connectivity index (χ3n) is 4.28. The summed E-state index contributed by atoms with van der Waals surface area (Å²) in [6, 6.07) is -0.759. The van der Waals surface area contributed by atoms with E-state index in [4.69, 9.17) is 15.5 Å². The monoisotopic (exact) mass is 367 g/mol. The SMILES string of the molecule is CCCCCCCCCCCCCCC(O)[C@@H](N)COP(=O)(O)O. The lowest BCUT2D eigenvalue weighted by Crippen LogP contribution is -2.38. The third-order valence-corrected chi connectivity index (χ3v) is 4.77. The van der Waals surface area contributed by atoms with Crippen molar-refractivity contribution in [3.63, 3.8) is 0 Å². The van der Waals surface area contributed by atoms with Gasteiger partial charge in [-0.05, 0) is 6.42 Å². The van der Waals surface area contributed by atoms with Crippen molar-refractivity contribution in [3.8, 4) is 0 Å². The highest BCUT2D eigenvalue weighted by molar-refractivity contribution is 7.46. The van der Waals surface area contributed by atoms with Crippen molar-refractivity contribution in [1.82, 2.24) is 0 Å². The number of phosphoric ester groups is 1. The van der Waals surface area contributed by atoms with Gasteiger partial charge in [0.25, 0.3) is 0 Å². The minimum Gasteiger partial charge on any atom is -0.391 e. The average Bonchev–Trinajstić information content (AvgIpc) is 2.52. The molecule has 0 spiro atoms. The molecule has 0 saturated carbocycles. The maximum Gasteiger partial charge on any atom is 0.469 e. The predicted octanol–water partition coefficient (Wildman–Crippen LogP) is 3.88. The second kappa shape index (κ2) is 15.3. The second-order valence-electron chi connectivity index (χ2n) is 6.70. The molecule has 0 saturated heterocycles. The Morgan fingerprint density at radius 3 is 1.71 bits per heavy atom. The van der Waals surface area contributed by atoms with Crippen LogP contribution in [0.1, 0.15) is 90.4 Å². The van der Waals surface area contributed by atoms with Gasteiger partial charge in [-0.15, -0.1) is 0 Å². The molecule has 0 aromatic rings. The lowest BCUT2D eigenvalue weighted by Gasteiger charge is -2.18. The summed E-state index contributed by atoms with van der Waals surface area (Å²) in [6.45, 7) is 1.91. The lowest BCUT2D eigenvalue weighted by molar-refractivity contribution is 0.0931. The van der Waals surface area contributed by atoms with Crippen LogP contribution in [0.3, 0.4) is 0 Å². The van der Waals surface area contributed by atoms with Crippen LogP contribution < -0.4 is 5.73 Å². The maximum atomic E-state index is 10.6. The van der Waals surface area contributed by atoms with Crippen LogP contribution in [0.5, 0.6) is 0 Å². The summed E-state index contributed by atoms with van der Waals surface area (Å²) in [6.07, 6.45) is 14.8. The molecule has 0 aliphatic heterocycles. The Morgan fingerprint density at radius 2 is 1.29 bits per heavy atom. The molecule has 2 atom stereocenters. The number of aliphatic hydroxyl groups is 1. The largest absolute Gasteiger partial charge is 0.469 e. The molecule has 0 aliphatic carbocycles. The van der Waals surface area contributed by atoms with Crippen LogP contribution in [-0.2, 0) is 9.09 Å². The molecule has 5 N–H and O–H groups in total. The van der Waals surface area contributed by atoms with E-state index in [1.165, 1.54) is 57.8 Å². The van der Waals surface area contributed by atoms with Gasteiger partial charge in [-0.3, -0.25) is 4.52 Å². The summed E-state index contributed by atoms with van der Waals surface area (Å²) in [4.78, 5) is 17.2. The van der Waals surface area contributed by atoms with Crippen LogP contribution in [-0.4, -0.2) is 33.6 Å². The summed E-state index contributed by atoms with van der Waals surface area (Å²) in [5.74, 6) is 0. The fourth-order valence-electron chi connectivity index (χ4n) is 2.70. The Bertz CT molecular complexity index is 324. The molecular weight excluding hydrogens is 329 g/mol. The van der Waals surface area contributed by atoms with Gasteiger partial charge < -0.3 is 20.6 Å². The van der Waals surface area contributed by atoms with Gasteiger partial charge in [-0.2, -0.15) is 0 Å². The van der Waals surface area contributed by atoms with Crippen molar-refractivity contribution < 1.29 is 24.0 Å². The first kappa shape index (κ1) is 24.0. The molecule has 0 rings (SSSR count). The van der Waals surface area contributed by atoms with Crippen LogP contribution in [0.4, 0.5) is 0 Å². The van der Waals surface area contributed by atoms with Crippen molar-refractivity contribution >= 4 is 7.82 Å². The average molecular weight is 367 g/mol. The number of aliphatic hydroxyl groups excluding tert-OH is 1. The van der Waals surface area contributed by atoms with Gasteiger partial charge in [0.15, 0.2) is 0 Å². The number of hydrogen-bond acceptors (Lipinski definition) is 4. The summed E-state index contributed by atoms with van der Waals surface area (Å²) in [5.41, 5.74) is 5.65. The predicted molar refractivity (Wildman–Crippen MR) is 97.7 cm³/mol. The third kappa shape index (κ3) is 16.9. The molecule has 146 valence electrons. The molecular formula is C17H38NO5P. The first-order valence-electron chi connectivity index (χ1n) is 9.50. The smallest absolute Gasteiger partial charge is 0.391 e. The summed E-state index contributed by atoms with van der Waals surface area (Å²) >= 11 is 0. The van der Waals surface area contributed by atoms with Gasteiger partial charge in [0.2, 0.25) is 0 Å². The van der Waals surface area contributed by atoms with Crippen LogP contribution in [0.2, 0.25) is 0 Å². The lowest BCUT2D eigenvalue weighted by atomic mass is 10.0. The maximum absolute atomic E-state index is 10.6. The van der Waals surface area contributed by atoms with Gasteiger partial charge in [0.1, 0.15) is 0 Å². The number of unbranched alkanes of at least 4 members (excludes halogenated alkanes) is 11. The zero-order chi connectivity index (χ0) is 18.3. The Balaban J connectivity index is 3.35. The molecule has 0 bridgehead atoms. The molecule has 0 aromatic heterocycles. The van der Waals surface area contributed by atoms with E-state index in [2.05, 4.69) is 11.4 Å². The van der Waals surface area contributed by atoms with Gasteiger partial charge in [-0.1, -0.05) is 84.0 Å². The van der Waals surface area contributed by atoms with E-state index in [9.17, 15) is 9.67 Å². The molecule has 0 aromatic carbocycles. The Morgan fingerprint density at radius 1 is 0.875 bits per heavy atom. The van der Waals surface area contributed by atoms with Crippen LogP contribution in [0.25, 0.3) is 0 Å². The highest BCUT2D eigenvalue weighted by atomic mass is 31.2. The molecule has 6 nitrogen and oxygen atoms in total. The minimum absolute atomic E-state index is 0.330. The molecule has 0 fully saturated rings. The van der Waals surface area contributed by atoms with Crippen LogP contribution >= 0.6 is 7.82 Å². The van der Waals surface area contributed by atoms with E-state index < -0.39 is 20.0 Å². The number of phosphoric acid groups is 1. The molecule has 1 unspecified atom stereocenters. The highest BCUT2D eigenvalue weighted by Crippen LogP contribution is 2.35. The van der Waals surface area contributed by atoms with Gasteiger partial charge in [-0.25, -0.2) is 4.57 Å². The quantitative estimate of drug-likeness (QED) is 0.229. The van der Waals surface area contributed by atoms with Crippen molar-refractivity contribution in [2.24, 2.45) is 5.73 Å². The summed E-state index contributed by atoms with van der Waals surface area (Å²) < 4.78 is 14.9. The Hall–Kier alpha value is 0.0300. The van der Waals surface area contributed by atoms with E-state index in [0.717, 1.165) is 19.3 Å². The first-order valence-corrected chi connectivity index (χ1v) is 11.0. The van der Waals surface area contributed by atoms with Crippen molar-refractivity contribution in [1.29, 1.82) is 0 Å². The number of rotatable bonds is 17. The molecule has 7 heteroatoms. The molecule has 0 amide bonds. The number of hydrogen-bond donors (Lipinski definition) is 4. The Kier molecular flexibility index (Phi) is 15.3.